The summed E-state index contributed by atoms with van der Waals surface area (Å²) in [6.07, 6.45) is 1.18. The minimum absolute atomic E-state index is 0.102. The summed E-state index contributed by atoms with van der Waals surface area (Å²) in [4.78, 5) is 10.6. The molecule has 3 atom stereocenters. The summed E-state index contributed by atoms with van der Waals surface area (Å²) in [7, 11) is 1.60. The van der Waals surface area contributed by atoms with E-state index in [1.54, 1.807) is 25.3 Å². The molecule has 0 aromatic heterocycles. The van der Waals surface area contributed by atoms with Crippen molar-refractivity contribution in [1.82, 2.24) is 0 Å². The molecule has 2 aliphatic carbocycles. The van der Waals surface area contributed by atoms with Crippen LogP contribution in [0.25, 0.3) is 0 Å². The van der Waals surface area contributed by atoms with Gasteiger partial charge in [0.25, 0.3) is 5.69 Å². The zero-order chi connectivity index (χ0) is 16.7. The van der Waals surface area contributed by atoms with Gasteiger partial charge in [-0.15, -0.1) is 0 Å². The molecule has 0 radical (unpaired) electrons. The fourth-order valence-electron chi connectivity index (χ4n) is 4.13. The Morgan fingerprint density at radius 1 is 1.29 bits per heavy atom. The van der Waals surface area contributed by atoms with E-state index >= 15 is 0 Å². The van der Waals surface area contributed by atoms with Gasteiger partial charge >= 0.3 is 0 Å². The van der Waals surface area contributed by atoms with Crippen molar-refractivity contribution in [1.29, 1.82) is 0 Å². The number of non-ortho nitro benzene ring substituents is 1. The van der Waals surface area contributed by atoms with Crippen LogP contribution in [0.1, 0.15) is 22.6 Å². The Morgan fingerprint density at radius 2 is 2.12 bits per heavy atom. The number of fused-ring (bicyclic) bond motifs is 3. The summed E-state index contributed by atoms with van der Waals surface area (Å²) in [5, 5.41) is 14.4. The highest BCUT2D eigenvalue weighted by atomic mass is 16.6. The SMILES string of the molecule is COCc1cc([N+](=O)[O-])ccc1NCC1C2Cc3ccccc3C12. The lowest BCUT2D eigenvalue weighted by Gasteiger charge is -2.13. The number of hydrogen-bond donors (Lipinski definition) is 1. The third-order valence-corrected chi connectivity index (χ3v) is 5.33. The van der Waals surface area contributed by atoms with Crippen LogP contribution in [0.5, 0.6) is 0 Å². The summed E-state index contributed by atoms with van der Waals surface area (Å²) in [5.41, 5.74) is 4.87. The van der Waals surface area contributed by atoms with Crippen LogP contribution < -0.4 is 5.32 Å². The van der Waals surface area contributed by atoms with E-state index in [0.717, 1.165) is 23.7 Å². The molecule has 1 N–H and O–H groups in total. The normalized spacial score (nSPS) is 23.5. The Labute approximate surface area is 140 Å². The van der Waals surface area contributed by atoms with Gasteiger partial charge in [-0.1, -0.05) is 24.3 Å². The minimum atomic E-state index is -0.370. The quantitative estimate of drug-likeness (QED) is 0.649. The molecule has 0 bridgehead atoms. The van der Waals surface area contributed by atoms with E-state index in [1.165, 1.54) is 17.5 Å². The van der Waals surface area contributed by atoms with Gasteiger partial charge in [0.2, 0.25) is 0 Å². The van der Waals surface area contributed by atoms with Crippen LogP contribution in [0.2, 0.25) is 0 Å². The first-order valence-electron chi connectivity index (χ1n) is 8.27. The number of nitrogens with one attached hydrogen (secondary N) is 1. The van der Waals surface area contributed by atoms with E-state index in [2.05, 4.69) is 29.6 Å². The van der Waals surface area contributed by atoms with Crippen molar-refractivity contribution in [3.8, 4) is 0 Å². The monoisotopic (exact) mass is 324 g/mol. The van der Waals surface area contributed by atoms with Crippen LogP contribution in [0.3, 0.4) is 0 Å². The first kappa shape index (κ1) is 15.1. The lowest BCUT2D eigenvalue weighted by atomic mass is 10.0. The number of nitrogens with zero attached hydrogens (tertiary/aromatic N) is 1. The third kappa shape index (κ3) is 2.55. The molecule has 0 spiro atoms. The molecule has 0 heterocycles. The number of hydrogen-bond acceptors (Lipinski definition) is 4. The van der Waals surface area contributed by atoms with Crippen LogP contribution in [-0.2, 0) is 17.8 Å². The predicted molar refractivity (Wildman–Crippen MR) is 92.2 cm³/mol. The molecular weight excluding hydrogens is 304 g/mol. The second-order valence-electron chi connectivity index (χ2n) is 6.67. The molecule has 24 heavy (non-hydrogen) atoms. The molecule has 0 amide bonds. The van der Waals surface area contributed by atoms with Crippen molar-refractivity contribution >= 4 is 11.4 Å². The Balaban J connectivity index is 1.45. The molecule has 2 aromatic rings. The van der Waals surface area contributed by atoms with Gasteiger partial charge in [0, 0.05) is 37.0 Å². The summed E-state index contributed by atoms with van der Waals surface area (Å²) in [6, 6.07) is 13.7. The summed E-state index contributed by atoms with van der Waals surface area (Å²) in [6.45, 7) is 1.27. The largest absolute Gasteiger partial charge is 0.384 e. The Hall–Kier alpha value is -2.40. The second kappa shape index (κ2) is 5.91. The number of rotatable bonds is 6. The van der Waals surface area contributed by atoms with Crippen molar-refractivity contribution in [3.05, 3.63) is 69.3 Å². The third-order valence-electron chi connectivity index (χ3n) is 5.33. The van der Waals surface area contributed by atoms with Crippen LogP contribution >= 0.6 is 0 Å². The molecule has 0 aliphatic heterocycles. The smallest absolute Gasteiger partial charge is 0.269 e. The van der Waals surface area contributed by atoms with Crippen molar-refractivity contribution in [2.75, 3.05) is 19.0 Å². The maximum atomic E-state index is 10.9. The number of nitro benzene ring substituents is 1. The Morgan fingerprint density at radius 3 is 2.92 bits per heavy atom. The van der Waals surface area contributed by atoms with E-state index in [4.69, 9.17) is 4.74 Å². The number of methoxy groups -OCH3 is 1. The van der Waals surface area contributed by atoms with Crippen molar-refractivity contribution < 1.29 is 9.66 Å². The summed E-state index contributed by atoms with van der Waals surface area (Å²) < 4.78 is 5.18. The van der Waals surface area contributed by atoms with E-state index in [1.807, 2.05) is 0 Å². The van der Waals surface area contributed by atoms with Gasteiger partial charge < -0.3 is 10.1 Å². The van der Waals surface area contributed by atoms with Gasteiger partial charge in [-0.2, -0.15) is 0 Å². The zero-order valence-corrected chi connectivity index (χ0v) is 13.6. The number of anilines is 1. The molecule has 3 unspecified atom stereocenters. The van der Waals surface area contributed by atoms with Gasteiger partial charge in [-0.25, -0.2) is 0 Å². The minimum Gasteiger partial charge on any atom is -0.384 e. The highest BCUT2D eigenvalue weighted by Crippen LogP contribution is 2.61. The fraction of sp³-hybridized carbons (Fsp3) is 0.368. The lowest BCUT2D eigenvalue weighted by Crippen LogP contribution is -2.10. The van der Waals surface area contributed by atoms with Crippen LogP contribution in [0, 0.1) is 22.0 Å². The topological polar surface area (TPSA) is 64.4 Å². The first-order chi connectivity index (χ1) is 11.7. The molecule has 0 saturated heterocycles. The van der Waals surface area contributed by atoms with Gasteiger partial charge in [-0.3, -0.25) is 10.1 Å². The van der Waals surface area contributed by atoms with Crippen LogP contribution in [0.4, 0.5) is 11.4 Å². The second-order valence-corrected chi connectivity index (χ2v) is 6.67. The highest BCUT2D eigenvalue weighted by Gasteiger charge is 2.54. The Kier molecular flexibility index (Phi) is 3.73. The van der Waals surface area contributed by atoms with E-state index in [9.17, 15) is 10.1 Å². The lowest BCUT2D eigenvalue weighted by molar-refractivity contribution is -0.384. The summed E-state index contributed by atoms with van der Waals surface area (Å²) >= 11 is 0. The summed E-state index contributed by atoms with van der Waals surface area (Å²) in [5.74, 6) is 2.09. The maximum absolute atomic E-state index is 10.9. The van der Waals surface area contributed by atoms with Gasteiger partial charge in [0.05, 0.1) is 11.5 Å². The zero-order valence-electron chi connectivity index (χ0n) is 13.6. The fourth-order valence-corrected chi connectivity index (χ4v) is 4.13. The van der Waals surface area contributed by atoms with Crippen LogP contribution in [-0.4, -0.2) is 18.6 Å². The highest BCUT2D eigenvalue weighted by molar-refractivity contribution is 5.56. The molecule has 5 heteroatoms. The van der Waals surface area contributed by atoms with E-state index < -0.39 is 0 Å². The van der Waals surface area contributed by atoms with Crippen LogP contribution in [0.15, 0.2) is 42.5 Å². The molecule has 1 fully saturated rings. The average molecular weight is 324 g/mol. The number of ether oxygens (including phenoxy) is 1. The van der Waals surface area contributed by atoms with Crippen molar-refractivity contribution in [3.63, 3.8) is 0 Å². The molecular formula is C19H20N2O3. The number of nitro groups is 1. The first-order valence-corrected chi connectivity index (χ1v) is 8.27. The molecule has 1 saturated carbocycles. The molecule has 2 aliphatic rings. The van der Waals surface area contributed by atoms with Gasteiger partial charge in [0.1, 0.15) is 0 Å². The number of benzene rings is 2. The van der Waals surface area contributed by atoms with Crippen molar-refractivity contribution in [2.45, 2.75) is 18.9 Å². The molecule has 2 aromatic carbocycles. The molecule has 5 nitrogen and oxygen atoms in total. The van der Waals surface area contributed by atoms with Gasteiger partial charge in [0.15, 0.2) is 0 Å². The van der Waals surface area contributed by atoms with Gasteiger partial charge in [-0.05, 0) is 41.4 Å². The molecule has 124 valence electrons. The van der Waals surface area contributed by atoms with Crippen molar-refractivity contribution in [2.24, 2.45) is 11.8 Å². The predicted octanol–water partition coefficient (Wildman–Crippen LogP) is 3.74. The maximum Gasteiger partial charge on any atom is 0.269 e. The van der Waals surface area contributed by atoms with E-state index in [-0.39, 0.29) is 10.6 Å². The van der Waals surface area contributed by atoms with E-state index in [0.29, 0.717) is 18.4 Å². The Bertz CT molecular complexity index is 790. The molecule has 4 rings (SSSR count). The average Bonchev–Trinajstić information content (AvgIpc) is 3.12. The standard InChI is InChI=1S/C19H20N2O3/c1-24-11-13-8-14(21(22)23)6-7-18(13)20-10-17-16-9-12-4-2-3-5-15(12)19(16)17/h2-8,16-17,19-20H,9-11H2,1H3.